The summed E-state index contributed by atoms with van der Waals surface area (Å²) >= 11 is 0. The second-order valence-electron chi connectivity index (χ2n) is 4.81. The maximum absolute atomic E-state index is 13.3. The van der Waals surface area contributed by atoms with Gasteiger partial charge in [-0.3, -0.25) is 0 Å². The Balaban J connectivity index is 2.06. The summed E-state index contributed by atoms with van der Waals surface area (Å²) in [6, 6.07) is 1.56. The molecule has 1 aliphatic heterocycles. The molecule has 0 atom stereocenters. The Bertz CT molecular complexity index is 406. The molecule has 0 bridgehead atoms. The van der Waals surface area contributed by atoms with Crippen molar-refractivity contribution in [2.75, 3.05) is 31.6 Å². The van der Waals surface area contributed by atoms with Crippen LogP contribution in [0.15, 0.2) is 12.3 Å². The highest BCUT2D eigenvalue weighted by Gasteiger charge is 2.22. The molecule has 2 heterocycles. The second-order valence-corrected chi connectivity index (χ2v) is 4.81. The van der Waals surface area contributed by atoms with Gasteiger partial charge in [0.25, 0.3) is 0 Å². The van der Waals surface area contributed by atoms with E-state index in [2.05, 4.69) is 15.2 Å². The number of rotatable bonds is 5. The third-order valence-electron chi connectivity index (χ3n) is 3.42. The zero-order chi connectivity index (χ0) is 13.7. The number of aromatic nitrogens is 1. The first kappa shape index (κ1) is 14.2. The minimum absolute atomic E-state index is 0.279. The first-order valence-corrected chi connectivity index (χ1v) is 6.90. The molecule has 1 aromatic heterocycles. The Morgan fingerprint density at radius 2 is 2.21 bits per heavy atom. The highest BCUT2D eigenvalue weighted by atomic mass is 19.1. The lowest BCUT2D eigenvalue weighted by molar-refractivity contribution is 0.0458. The Morgan fingerprint density at radius 3 is 2.84 bits per heavy atom. The average Bonchev–Trinajstić information content (AvgIpc) is 2.41. The second kappa shape index (κ2) is 6.82. The quantitative estimate of drug-likeness (QED) is 0.885. The van der Waals surface area contributed by atoms with Gasteiger partial charge in [0.1, 0.15) is 11.6 Å². The van der Waals surface area contributed by atoms with Gasteiger partial charge in [0.15, 0.2) is 0 Å². The van der Waals surface area contributed by atoms with Gasteiger partial charge in [-0.15, -0.1) is 0 Å². The van der Waals surface area contributed by atoms with Crippen LogP contribution in [-0.4, -0.2) is 37.8 Å². The lowest BCUT2D eigenvalue weighted by Crippen LogP contribution is -2.38. The molecule has 4 nitrogen and oxygen atoms in total. The molecule has 19 heavy (non-hydrogen) atoms. The summed E-state index contributed by atoms with van der Waals surface area (Å²) < 4.78 is 18.9. The van der Waals surface area contributed by atoms with Crippen molar-refractivity contribution >= 4 is 5.82 Å². The van der Waals surface area contributed by atoms with Gasteiger partial charge in [-0.05, 0) is 32.9 Å². The normalized spacial score (nSPS) is 16.9. The van der Waals surface area contributed by atoms with Gasteiger partial charge < -0.3 is 15.0 Å². The van der Waals surface area contributed by atoms with Gasteiger partial charge >= 0.3 is 0 Å². The molecule has 0 saturated carbocycles. The van der Waals surface area contributed by atoms with Crippen molar-refractivity contribution in [3.05, 3.63) is 23.6 Å². The summed E-state index contributed by atoms with van der Waals surface area (Å²) in [5.74, 6) is 0.615. The average molecular weight is 267 g/mol. The summed E-state index contributed by atoms with van der Waals surface area (Å²) in [6.45, 7) is 5.26. The number of piperidine rings is 1. The number of hydrogen-bond acceptors (Lipinski definition) is 4. The van der Waals surface area contributed by atoms with E-state index in [4.69, 9.17) is 4.74 Å². The minimum atomic E-state index is -0.279. The van der Waals surface area contributed by atoms with E-state index in [-0.39, 0.29) is 5.82 Å². The van der Waals surface area contributed by atoms with Crippen LogP contribution in [0.3, 0.4) is 0 Å². The van der Waals surface area contributed by atoms with E-state index in [1.807, 2.05) is 14.0 Å². The molecular weight excluding hydrogens is 245 g/mol. The molecule has 1 N–H and O–H groups in total. The molecule has 1 saturated heterocycles. The van der Waals surface area contributed by atoms with Gasteiger partial charge in [-0.2, -0.15) is 0 Å². The number of anilines is 1. The molecule has 0 aliphatic carbocycles. The van der Waals surface area contributed by atoms with Crippen LogP contribution in [0.1, 0.15) is 25.3 Å². The summed E-state index contributed by atoms with van der Waals surface area (Å²) in [5.41, 5.74) is 0.914. The number of hydrogen-bond donors (Lipinski definition) is 1. The summed E-state index contributed by atoms with van der Waals surface area (Å²) in [5, 5.41) is 3.06. The van der Waals surface area contributed by atoms with Crippen molar-refractivity contribution in [1.29, 1.82) is 0 Å². The van der Waals surface area contributed by atoms with Crippen LogP contribution in [-0.2, 0) is 11.3 Å². The van der Waals surface area contributed by atoms with Gasteiger partial charge in [0, 0.05) is 31.8 Å². The van der Waals surface area contributed by atoms with Gasteiger partial charge in [0.2, 0.25) is 0 Å². The largest absolute Gasteiger partial charge is 0.378 e. The molecule has 106 valence electrons. The molecule has 0 spiro atoms. The Labute approximate surface area is 114 Å². The standard InChI is InChI=1S/C14H22FN3O/c1-3-19-13-4-6-18(7-5-13)14-11(9-16-2)8-12(15)10-17-14/h8,10,13,16H,3-7,9H2,1-2H3. The van der Waals surface area contributed by atoms with E-state index in [9.17, 15) is 4.39 Å². The Morgan fingerprint density at radius 1 is 1.47 bits per heavy atom. The van der Waals surface area contributed by atoms with Crippen molar-refractivity contribution < 1.29 is 9.13 Å². The summed E-state index contributed by atoms with van der Waals surface area (Å²) in [7, 11) is 1.86. The van der Waals surface area contributed by atoms with Crippen molar-refractivity contribution in [2.24, 2.45) is 0 Å². The van der Waals surface area contributed by atoms with Crippen LogP contribution in [0.25, 0.3) is 0 Å². The molecule has 1 aliphatic rings. The van der Waals surface area contributed by atoms with Gasteiger partial charge in [-0.25, -0.2) is 9.37 Å². The van der Waals surface area contributed by atoms with Gasteiger partial charge in [-0.1, -0.05) is 0 Å². The lowest BCUT2D eigenvalue weighted by atomic mass is 10.1. The van der Waals surface area contributed by atoms with Crippen LogP contribution in [0.4, 0.5) is 10.2 Å². The third kappa shape index (κ3) is 3.64. The number of halogens is 1. The number of nitrogens with zero attached hydrogens (tertiary/aromatic N) is 2. The fraction of sp³-hybridized carbons (Fsp3) is 0.643. The van der Waals surface area contributed by atoms with Crippen LogP contribution in [0, 0.1) is 5.82 Å². The molecule has 1 aromatic rings. The number of nitrogens with one attached hydrogen (secondary N) is 1. The predicted molar refractivity (Wildman–Crippen MR) is 73.8 cm³/mol. The molecular formula is C14H22FN3O. The van der Waals surface area contributed by atoms with Crippen LogP contribution in [0.2, 0.25) is 0 Å². The molecule has 0 amide bonds. The number of pyridine rings is 1. The first-order valence-electron chi connectivity index (χ1n) is 6.90. The van der Waals surface area contributed by atoms with Crippen LogP contribution < -0.4 is 10.2 Å². The van der Waals surface area contributed by atoms with E-state index < -0.39 is 0 Å². The highest BCUT2D eigenvalue weighted by molar-refractivity contribution is 5.47. The van der Waals surface area contributed by atoms with Gasteiger partial charge in [0.05, 0.1) is 12.3 Å². The van der Waals surface area contributed by atoms with E-state index in [0.29, 0.717) is 12.6 Å². The predicted octanol–water partition coefficient (Wildman–Crippen LogP) is 1.95. The fourth-order valence-electron chi connectivity index (χ4n) is 2.55. The van der Waals surface area contributed by atoms with E-state index in [1.54, 1.807) is 6.07 Å². The SMILES string of the molecule is CCOC1CCN(c2ncc(F)cc2CNC)CC1. The molecule has 2 rings (SSSR count). The van der Waals surface area contributed by atoms with Crippen LogP contribution >= 0.6 is 0 Å². The smallest absolute Gasteiger partial charge is 0.141 e. The Hall–Kier alpha value is -1.20. The Kier molecular flexibility index (Phi) is 5.10. The van der Waals surface area contributed by atoms with Crippen molar-refractivity contribution in [2.45, 2.75) is 32.4 Å². The van der Waals surface area contributed by atoms with E-state index in [1.165, 1.54) is 6.20 Å². The molecule has 5 heteroatoms. The van der Waals surface area contributed by atoms with E-state index in [0.717, 1.165) is 43.9 Å². The molecule has 0 aromatic carbocycles. The van der Waals surface area contributed by atoms with Crippen molar-refractivity contribution in [3.63, 3.8) is 0 Å². The summed E-state index contributed by atoms with van der Waals surface area (Å²) in [6.07, 6.45) is 3.66. The molecule has 0 radical (unpaired) electrons. The maximum atomic E-state index is 13.3. The highest BCUT2D eigenvalue weighted by Crippen LogP contribution is 2.23. The topological polar surface area (TPSA) is 37.4 Å². The summed E-state index contributed by atoms with van der Waals surface area (Å²) in [4.78, 5) is 6.49. The lowest BCUT2D eigenvalue weighted by Gasteiger charge is -2.33. The fourth-order valence-corrected chi connectivity index (χ4v) is 2.55. The molecule has 0 unspecified atom stereocenters. The monoisotopic (exact) mass is 267 g/mol. The van der Waals surface area contributed by atoms with Crippen molar-refractivity contribution in [1.82, 2.24) is 10.3 Å². The van der Waals surface area contributed by atoms with E-state index >= 15 is 0 Å². The first-order chi connectivity index (χ1) is 9.24. The molecule has 1 fully saturated rings. The van der Waals surface area contributed by atoms with Crippen molar-refractivity contribution in [3.8, 4) is 0 Å². The zero-order valence-electron chi connectivity index (χ0n) is 11.7. The third-order valence-corrected chi connectivity index (χ3v) is 3.42. The van der Waals surface area contributed by atoms with Crippen LogP contribution in [0.5, 0.6) is 0 Å². The minimum Gasteiger partial charge on any atom is -0.378 e. The zero-order valence-corrected chi connectivity index (χ0v) is 11.7. The maximum Gasteiger partial charge on any atom is 0.141 e. The number of ether oxygens (including phenoxy) is 1.